The second kappa shape index (κ2) is 10.6. The molecule has 192 valence electrons. The number of hydrogen-bond donors (Lipinski definition) is 0. The Hall–Kier alpha value is -3.34. The third kappa shape index (κ3) is 5.36. The second-order valence-electron chi connectivity index (χ2n) is 9.13. The first kappa shape index (κ1) is 25.3. The van der Waals surface area contributed by atoms with Gasteiger partial charge >= 0.3 is 0 Å². The van der Waals surface area contributed by atoms with E-state index in [1.807, 2.05) is 37.3 Å². The van der Waals surface area contributed by atoms with Gasteiger partial charge in [-0.3, -0.25) is 14.7 Å². The van der Waals surface area contributed by atoms with Gasteiger partial charge in [-0.2, -0.15) is 4.31 Å². The number of amides is 1. The first-order valence-electron chi connectivity index (χ1n) is 12.1. The highest BCUT2D eigenvalue weighted by Crippen LogP contribution is 2.34. The second-order valence-corrected chi connectivity index (χ2v) is 12.1. The summed E-state index contributed by atoms with van der Waals surface area (Å²) in [4.78, 5) is 24.8. The molecular formula is C27H28N4O4S2. The Kier molecular flexibility index (Phi) is 7.23. The number of aromatic nitrogens is 2. The number of piperidine rings is 1. The van der Waals surface area contributed by atoms with E-state index in [1.54, 1.807) is 48.7 Å². The van der Waals surface area contributed by atoms with Gasteiger partial charge in [-0.1, -0.05) is 35.1 Å². The highest BCUT2D eigenvalue weighted by atomic mass is 32.2. The Bertz CT molecular complexity index is 1500. The summed E-state index contributed by atoms with van der Waals surface area (Å²) in [6, 6.07) is 16.2. The van der Waals surface area contributed by atoms with Crippen LogP contribution in [-0.2, 0) is 21.4 Å². The first-order valence-corrected chi connectivity index (χ1v) is 14.3. The molecule has 1 atom stereocenters. The van der Waals surface area contributed by atoms with E-state index < -0.39 is 15.9 Å². The summed E-state index contributed by atoms with van der Waals surface area (Å²) >= 11 is 1.43. The number of hydrogen-bond acceptors (Lipinski definition) is 7. The SMILES string of the molecule is COc1ccc2sc(N(Cc3cccnc3)C(=O)C3CCCN(S(=O)(=O)c4ccc(C)cc4)C3)nc2c1. The largest absolute Gasteiger partial charge is 0.497 e. The van der Waals surface area contributed by atoms with Crippen molar-refractivity contribution in [3.8, 4) is 5.75 Å². The van der Waals surface area contributed by atoms with Crippen LogP contribution in [0.15, 0.2) is 71.9 Å². The van der Waals surface area contributed by atoms with Crippen molar-refractivity contribution in [1.82, 2.24) is 14.3 Å². The fraction of sp³-hybridized carbons (Fsp3) is 0.296. The number of carbonyl (C=O) groups is 1. The van der Waals surface area contributed by atoms with Crippen LogP contribution in [0, 0.1) is 12.8 Å². The quantitative estimate of drug-likeness (QED) is 0.342. The maximum absolute atomic E-state index is 14.0. The van der Waals surface area contributed by atoms with Crippen molar-refractivity contribution in [2.45, 2.75) is 31.2 Å². The number of anilines is 1. The van der Waals surface area contributed by atoms with Crippen molar-refractivity contribution < 1.29 is 17.9 Å². The van der Waals surface area contributed by atoms with Gasteiger partial charge in [-0.05, 0) is 55.7 Å². The molecule has 0 spiro atoms. The van der Waals surface area contributed by atoms with Crippen LogP contribution in [-0.4, -0.2) is 48.8 Å². The topological polar surface area (TPSA) is 92.7 Å². The van der Waals surface area contributed by atoms with E-state index in [4.69, 9.17) is 9.72 Å². The zero-order chi connectivity index (χ0) is 26.0. The van der Waals surface area contributed by atoms with Gasteiger partial charge in [-0.25, -0.2) is 13.4 Å². The van der Waals surface area contributed by atoms with Crippen molar-refractivity contribution in [3.63, 3.8) is 0 Å². The number of methoxy groups -OCH3 is 1. The fourth-order valence-corrected chi connectivity index (χ4v) is 6.97. The number of benzene rings is 2. The molecule has 1 unspecified atom stereocenters. The molecule has 37 heavy (non-hydrogen) atoms. The number of ether oxygens (including phenoxy) is 1. The summed E-state index contributed by atoms with van der Waals surface area (Å²) in [6.07, 6.45) is 4.64. The Morgan fingerprint density at radius 3 is 2.73 bits per heavy atom. The van der Waals surface area contributed by atoms with Crippen LogP contribution in [0.5, 0.6) is 5.75 Å². The Morgan fingerprint density at radius 2 is 2.00 bits per heavy atom. The minimum atomic E-state index is -3.70. The fourth-order valence-electron chi connectivity index (χ4n) is 4.49. The Morgan fingerprint density at radius 1 is 1.19 bits per heavy atom. The number of aryl methyl sites for hydroxylation is 1. The lowest BCUT2D eigenvalue weighted by atomic mass is 9.98. The van der Waals surface area contributed by atoms with Crippen molar-refractivity contribution in [2.24, 2.45) is 5.92 Å². The highest BCUT2D eigenvalue weighted by molar-refractivity contribution is 7.89. The van der Waals surface area contributed by atoms with E-state index in [2.05, 4.69) is 4.98 Å². The lowest BCUT2D eigenvalue weighted by Gasteiger charge is -2.33. The van der Waals surface area contributed by atoms with Crippen LogP contribution in [0.1, 0.15) is 24.0 Å². The molecule has 5 rings (SSSR count). The van der Waals surface area contributed by atoms with Crippen LogP contribution >= 0.6 is 11.3 Å². The maximum atomic E-state index is 14.0. The van der Waals surface area contributed by atoms with Crippen LogP contribution in [0.3, 0.4) is 0 Å². The van der Waals surface area contributed by atoms with E-state index in [0.29, 0.717) is 36.8 Å². The number of carbonyl (C=O) groups excluding carboxylic acids is 1. The summed E-state index contributed by atoms with van der Waals surface area (Å²) in [5.74, 6) is 0.0737. The van der Waals surface area contributed by atoms with Crippen LogP contribution in [0.25, 0.3) is 10.2 Å². The molecule has 1 aliphatic heterocycles. The molecule has 1 aliphatic rings. The summed E-state index contributed by atoms with van der Waals surface area (Å²) in [7, 11) is -2.09. The van der Waals surface area contributed by atoms with Gasteiger partial charge in [0.1, 0.15) is 5.75 Å². The molecule has 1 amide bonds. The molecule has 0 saturated carbocycles. The van der Waals surface area contributed by atoms with Gasteiger partial charge in [0, 0.05) is 31.5 Å². The van der Waals surface area contributed by atoms with Crippen molar-refractivity contribution in [1.29, 1.82) is 0 Å². The monoisotopic (exact) mass is 536 g/mol. The van der Waals surface area contributed by atoms with Gasteiger partial charge in [0.05, 0.1) is 34.7 Å². The molecule has 0 bridgehead atoms. The van der Waals surface area contributed by atoms with Gasteiger partial charge < -0.3 is 4.74 Å². The summed E-state index contributed by atoms with van der Waals surface area (Å²) in [5, 5.41) is 0.565. The first-order chi connectivity index (χ1) is 17.8. The number of rotatable bonds is 7. The molecule has 0 radical (unpaired) electrons. The van der Waals surface area contributed by atoms with Crippen LogP contribution < -0.4 is 9.64 Å². The molecule has 1 saturated heterocycles. The van der Waals surface area contributed by atoms with Crippen molar-refractivity contribution in [2.75, 3.05) is 25.1 Å². The summed E-state index contributed by atoms with van der Waals surface area (Å²) in [5.41, 5.74) is 2.60. The van der Waals surface area contributed by atoms with Crippen LogP contribution in [0.4, 0.5) is 5.13 Å². The van der Waals surface area contributed by atoms with E-state index in [-0.39, 0.29) is 17.3 Å². The normalized spacial score (nSPS) is 16.5. The van der Waals surface area contributed by atoms with Gasteiger partial charge in [0.2, 0.25) is 15.9 Å². The number of thiazole rings is 1. The standard InChI is InChI=1S/C27H28N4O4S2/c1-19-7-10-23(11-8-19)37(33,34)30-14-4-6-21(18-30)26(32)31(17-20-5-3-13-28-16-20)27-29-24-15-22(35-2)9-12-25(24)36-27/h3,5,7-13,15-16,21H,4,6,14,17-18H2,1-2H3. The summed E-state index contributed by atoms with van der Waals surface area (Å²) in [6.45, 7) is 2.74. The zero-order valence-corrected chi connectivity index (χ0v) is 22.3. The molecule has 1 fully saturated rings. The van der Waals surface area contributed by atoms with E-state index in [0.717, 1.165) is 21.3 Å². The average molecular weight is 537 g/mol. The smallest absolute Gasteiger partial charge is 0.243 e. The number of sulfonamides is 1. The van der Waals surface area contributed by atoms with Crippen molar-refractivity contribution >= 4 is 42.6 Å². The Labute approximate surface area is 220 Å². The lowest BCUT2D eigenvalue weighted by molar-refractivity contribution is -0.123. The third-order valence-corrected chi connectivity index (χ3v) is 9.47. The van der Waals surface area contributed by atoms with E-state index in [9.17, 15) is 13.2 Å². The maximum Gasteiger partial charge on any atom is 0.243 e. The van der Waals surface area contributed by atoms with E-state index in [1.165, 1.54) is 15.6 Å². The highest BCUT2D eigenvalue weighted by Gasteiger charge is 2.36. The molecule has 10 heteroatoms. The number of nitrogens with zero attached hydrogens (tertiary/aromatic N) is 4. The predicted octanol–water partition coefficient (Wildman–Crippen LogP) is 4.64. The van der Waals surface area contributed by atoms with Gasteiger partial charge in [0.25, 0.3) is 0 Å². The Balaban J connectivity index is 1.45. The van der Waals surface area contributed by atoms with E-state index >= 15 is 0 Å². The van der Waals surface area contributed by atoms with Crippen LogP contribution in [0.2, 0.25) is 0 Å². The molecule has 8 nitrogen and oxygen atoms in total. The number of pyridine rings is 1. The summed E-state index contributed by atoms with van der Waals surface area (Å²) < 4.78 is 34.4. The zero-order valence-electron chi connectivity index (χ0n) is 20.7. The molecule has 0 aliphatic carbocycles. The number of fused-ring (bicyclic) bond motifs is 1. The lowest BCUT2D eigenvalue weighted by Crippen LogP contribution is -2.46. The molecule has 4 aromatic rings. The molecule has 2 aromatic heterocycles. The molecule has 2 aromatic carbocycles. The van der Waals surface area contributed by atoms with Gasteiger partial charge in [0.15, 0.2) is 5.13 Å². The predicted molar refractivity (Wildman–Crippen MR) is 144 cm³/mol. The van der Waals surface area contributed by atoms with Gasteiger partial charge in [-0.15, -0.1) is 0 Å². The molecular weight excluding hydrogens is 508 g/mol. The minimum absolute atomic E-state index is 0.136. The van der Waals surface area contributed by atoms with Crippen molar-refractivity contribution in [3.05, 3.63) is 78.1 Å². The average Bonchev–Trinajstić information content (AvgIpc) is 3.35. The molecule has 0 N–H and O–H groups in total. The molecule has 3 heterocycles. The minimum Gasteiger partial charge on any atom is -0.497 e. The third-order valence-electron chi connectivity index (χ3n) is 6.54.